The number of benzene rings is 3. The number of fused-ring (bicyclic) bond motifs is 2. The molecule has 3 aromatic carbocycles. The molecule has 0 saturated heterocycles. The molecule has 1 fully saturated rings. The standard InChI is InChI=1S/C33H33FO4/c1-32(2)13-4-5-27(32)25-15-20(6-10-24(25)26-16-22(37-3)9-11-30(26)34)19-38-23-8-7-21-18-33(29(21)17-23)14-12-28(33)31(35)36/h5-11,15-17,28H,4,12-14,18-19H2,1-3H3,(H,35,36). The molecule has 0 bridgehead atoms. The van der Waals surface area contributed by atoms with Crippen LogP contribution in [0.5, 0.6) is 11.5 Å². The van der Waals surface area contributed by atoms with E-state index in [1.807, 2.05) is 24.3 Å². The van der Waals surface area contributed by atoms with Gasteiger partial charge in [-0.25, -0.2) is 4.39 Å². The number of methoxy groups -OCH3 is 1. The van der Waals surface area contributed by atoms with E-state index in [0.717, 1.165) is 60.1 Å². The second-order valence-electron chi connectivity index (χ2n) is 11.6. The van der Waals surface area contributed by atoms with E-state index in [2.05, 4.69) is 32.1 Å². The van der Waals surface area contributed by atoms with Gasteiger partial charge in [-0.15, -0.1) is 0 Å². The van der Waals surface area contributed by atoms with Crippen molar-refractivity contribution in [3.63, 3.8) is 0 Å². The van der Waals surface area contributed by atoms with Gasteiger partial charge in [-0.1, -0.05) is 38.1 Å². The van der Waals surface area contributed by atoms with Crippen molar-refractivity contribution in [1.29, 1.82) is 0 Å². The first kappa shape index (κ1) is 24.7. The lowest BCUT2D eigenvalue weighted by Crippen LogP contribution is -2.55. The van der Waals surface area contributed by atoms with E-state index in [1.54, 1.807) is 19.2 Å². The molecular formula is C33H33FO4. The Bertz CT molecular complexity index is 1470. The maximum Gasteiger partial charge on any atom is 0.307 e. The van der Waals surface area contributed by atoms with Crippen LogP contribution in [-0.2, 0) is 23.2 Å². The molecule has 0 aromatic heterocycles. The second kappa shape index (κ2) is 9.00. The maximum atomic E-state index is 15.0. The largest absolute Gasteiger partial charge is 0.497 e. The van der Waals surface area contributed by atoms with E-state index in [0.29, 0.717) is 17.9 Å². The van der Waals surface area contributed by atoms with Crippen molar-refractivity contribution in [2.75, 3.05) is 7.11 Å². The minimum absolute atomic E-state index is 0.0108. The van der Waals surface area contributed by atoms with Gasteiger partial charge in [-0.2, -0.15) is 0 Å². The van der Waals surface area contributed by atoms with Gasteiger partial charge in [0.1, 0.15) is 23.9 Å². The Labute approximate surface area is 223 Å². The zero-order valence-electron chi connectivity index (χ0n) is 22.1. The molecule has 0 heterocycles. The number of halogens is 1. The fourth-order valence-electron chi connectivity index (χ4n) is 6.73. The first-order valence-electron chi connectivity index (χ1n) is 13.4. The monoisotopic (exact) mass is 512 g/mol. The number of aliphatic carboxylic acids is 1. The summed E-state index contributed by atoms with van der Waals surface area (Å²) in [7, 11) is 1.59. The molecule has 2 unspecified atom stereocenters. The van der Waals surface area contributed by atoms with Gasteiger partial charge in [0.05, 0.1) is 13.0 Å². The lowest BCUT2D eigenvalue weighted by molar-refractivity contribution is -0.150. The van der Waals surface area contributed by atoms with Crippen LogP contribution in [0.3, 0.4) is 0 Å². The summed E-state index contributed by atoms with van der Waals surface area (Å²) in [5.41, 5.74) is 6.76. The van der Waals surface area contributed by atoms with E-state index in [1.165, 1.54) is 17.2 Å². The molecule has 4 nitrogen and oxygen atoms in total. The average Bonchev–Trinajstić information content (AvgIpc) is 3.22. The Morgan fingerprint density at radius 1 is 1.00 bits per heavy atom. The molecule has 0 aliphatic heterocycles. The summed E-state index contributed by atoms with van der Waals surface area (Å²) in [5, 5.41) is 9.62. The Balaban J connectivity index is 1.31. The van der Waals surface area contributed by atoms with Crippen LogP contribution < -0.4 is 9.47 Å². The highest BCUT2D eigenvalue weighted by molar-refractivity contribution is 5.85. The number of carbonyl (C=O) groups is 1. The van der Waals surface area contributed by atoms with Crippen LogP contribution in [-0.4, -0.2) is 18.2 Å². The SMILES string of the molecule is COc1ccc(F)c(-c2ccc(COc3ccc4c(c3)C3(CCC3C(=O)O)C4)cc2C2=CCCC2(C)C)c1. The molecule has 2 atom stereocenters. The third kappa shape index (κ3) is 3.91. The van der Waals surface area contributed by atoms with Gasteiger partial charge in [-0.3, -0.25) is 4.79 Å². The molecule has 1 saturated carbocycles. The molecule has 3 aromatic rings. The van der Waals surface area contributed by atoms with Crippen LogP contribution in [0.1, 0.15) is 61.8 Å². The van der Waals surface area contributed by atoms with Gasteiger partial charge in [0.15, 0.2) is 0 Å². The number of ether oxygens (including phenoxy) is 2. The van der Waals surface area contributed by atoms with Gasteiger partial charge in [0, 0.05) is 11.0 Å². The molecule has 1 N–H and O–H groups in total. The fraction of sp³-hybridized carbons (Fsp3) is 0.364. The summed E-state index contributed by atoms with van der Waals surface area (Å²) < 4.78 is 26.7. The third-order valence-corrected chi connectivity index (χ3v) is 9.06. The molecule has 3 aliphatic carbocycles. The Morgan fingerprint density at radius 3 is 2.50 bits per heavy atom. The van der Waals surface area contributed by atoms with Crippen LogP contribution in [0.15, 0.2) is 60.7 Å². The van der Waals surface area contributed by atoms with Gasteiger partial charge in [0.2, 0.25) is 0 Å². The van der Waals surface area contributed by atoms with Crippen molar-refractivity contribution in [2.24, 2.45) is 11.3 Å². The van der Waals surface area contributed by atoms with Crippen LogP contribution in [0.25, 0.3) is 16.7 Å². The van der Waals surface area contributed by atoms with E-state index >= 15 is 4.39 Å². The molecule has 0 radical (unpaired) electrons. The zero-order valence-corrected chi connectivity index (χ0v) is 22.1. The molecule has 0 amide bonds. The van der Waals surface area contributed by atoms with Gasteiger partial charge in [0.25, 0.3) is 0 Å². The summed E-state index contributed by atoms with van der Waals surface area (Å²) in [6, 6.07) is 17.0. The van der Waals surface area contributed by atoms with Gasteiger partial charge >= 0.3 is 5.97 Å². The summed E-state index contributed by atoms with van der Waals surface area (Å²) >= 11 is 0. The topological polar surface area (TPSA) is 55.8 Å². The van der Waals surface area contributed by atoms with Crippen molar-refractivity contribution >= 4 is 11.5 Å². The highest BCUT2D eigenvalue weighted by Gasteiger charge is 2.57. The minimum atomic E-state index is -0.697. The Morgan fingerprint density at radius 2 is 1.82 bits per heavy atom. The molecule has 3 aliphatic rings. The average molecular weight is 513 g/mol. The number of rotatable bonds is 7. The minimum Gasteiger partial charge on any atom is -0.497 e. The van der Waals surface area contributed by atoms with E-state index < -0.39 is 5.97 Å². The van der Waals surface area contributed by atoms with E-state index in [9.17, 15) is 9.90 Å². The quantitative estimate of drug-likeness (QED) is 0.355. The summed E-state index contributed by atoms with van der Waals surface area (Å²) in [4.78, 5) is 11.7. The lowest BCUT2D eigenvalue weighted by Gasteiger charge is -2.55. The molecule has 196 valence electrons. The van der Waals surface area contributed by atoms with E-state index in [-0.39, 0.29) is 22.6 Å². The molecule has 1 spiro atoms. The smallest absolute Gasteiger partial charge is 0.307 e. The van der Waals surface area contributed by atoms with Crippen molar-refractivity contribution < 1.29 is 23.8 Å². The number of allylic oxidation sites excluding steroid dienone is 2. The van der Waals surface area contributed by atoms with Crippen molar-refractivity contribution in [1.82, 2.24) is 0 Å². The first-order chi connectivity index (χ1) is 18.2. The van der Waals surface area contributed by atoms with Crippen LogP contribution in [0, 0.1) is 17.2 Å². The van der Waals surface area contributed by atoms with Crippen molar-refractivity contribution in [3.8, 4) is 22.6 Å². The zero-order chi connectivity index (χ0) is 26.7. The van der Waals surface area contributed by atoms with Crippen molar-refractivity contribution in [3.05, 3.63) is 88.7 Å². The molecule has 5 heteroatoms. The number of carboxylic acid groups (broad SMARTS) is 1. The molecule has 6 rings (SSSR count). The first-order valence-corrected chi connectivity index (χ1v) is 13.4. The van der Waals surface area contributed by atoms with Gasteiger partial charge in [-0.05, 0) is 107 Å². The van der Waals surface area contributed by atoms with Crippen LogP contribution in [0.4, 0.5) is 4.39 Å². The summed E-state index contributed by atoms with van der Waals surface area (Å²) in [6.07, 6.45) is 6.84. The van der Waals surface area contributed by atoms with Crippen LogP contribution >= 0.6 is 0 Å². The normalized spacial score (nSPS) is 22.7. The molecular weight excluding hydrogens is 479 g/mol. The van der Waals surface area contributed by atoms with Crippen LogP contribution in [0.2, 0.25) is 0 Å². The number of carboxylic acids is 1. The highest BCUT2D eigenvalue weighted by Crippen LogP contribution is 2.59. The maximum absolute atomic E-state index is 15.0. The van der Waals surface area contributed by atoms with E-state index in [4.69, 9.17) is 9.47 Å². The Kier molecular flexibility index (Phi) is 5.86. The number of hydrogen-bond donors (Lipinski definition) is 1. The summed E-state index contributed by atoms with van der Waals surface area (Å²) in [6.45, 7) is 4.85. The fourth-order valence-corrected chi connectivity index (χ4v) is 6.73. The number of hydrogen-bond acceptors (Lipinski definition) is 3. The lowest BCUT2D eigenvalue weighted by atomic mass is 9.47. The van der Waals surface area contributed by atoms with Gasteiger partial charge < -0.3 is 14.6 Å². The Hall–Kier alpha value is -3.60. The highest BCUT2D eigenvalue weighted by atomic mass is 19.1. The third-order valence-electron chi connectivity index (χ3n) is 9.06. The second-order valence-corrected chi connectivity index (χ2v) is 11.6. The predicted molar refractivity (Wildman–Crippen MR) is 146 cm³/mol. The predicted octanol–water partition coefficient (Wildman–Crippen LogP) is 7.57. The summed E-state index contributed by atoms with van der Waals surface area (Å²) in [5.74, 6) is 0.107. The molecule has 38 heavy (non-hydrogen) atoms. The van der Waals surface area contributed by atoms with Crippen molar-refractivity contribution in [2.45, 2.75) is 58.0 Å².